The van der Waals surface area contributed by atoms with Gasteiger partial charge < -0.3 is 10.5 Å². The lowest BCUT2D eigenvalue weighted by atomic mass is 9.91. The Morgan fingerprint density at radius 3 is 2.52 bits per heavy atom. The molecule has 0 aliphatic heterocycles. The average molecular weight is 324 g/mol. The summed E-state index contributed by atoms with van der Waals surface area (Å²) in [6.07, 6.45) is 0.803. The van der Waals surface area contributed by atoms with E-state index >= 15 is 0 Å². The van der Waals surface area contributed by atoms with E-state index in [-0.39, 0.29) is 5.92 Å². The van der Waals surface area contributed by atoms with E-state index in [1.54, 1.807) is 0 Å². The summed E-state index contributed by atoms with van der Waals surface area (Å²) in [6.45, 7) is 3.17. The molecule has 0 amide bonds. The van der Waals surface area contributed by atoms with Crippen LogP contribution in [0.15, 0.2) is 42.5 Å². The molecule has 0 fully saturated rings. The van der Waals surface area contributed by atoms with Crippen LogP contribution < -0.4 is 10.5 Å². The van der Waals surface area contributed by atoms with Crippen LogP contribution in [0.2, 0.25) is 10.0 Å². The first-order valence-corrected chi connectivity index (χ1v) is 7.77. The zero-order chi connectivity index (χ0) is 15.2. The molecular formula is C17H19Cl2NO. The SMILES string of the molecule is CCOc1ccccc1C(CN)Cc1ccc(Cl)c(Cl)c1. The van der Waals surface area contributed by atoms with E-state index in [0.29, 0.717) is 23.2 Å². The first-order valence-electron chi connectivity index (χ1n) is 7.01. The molecular weight excluding hydrogens is 305 g/mol. The van der Waals surface area contributed by atoms with Gasteiger partial charge in [0.1, 0.15) is 5.75 Å². The van der Waals surface area contributed by atoms with Gasteiger partial charge in [0, 0.05) is 5.92 Å². The number of hydrogen-bond donors (Lipinski definition) is 1. The summed E-state index contributed by atoms with van der Waals surface area (Å²) in [5.74, 6) is 1.08. The third kappa shape index (κ3) is 4.13. The summed E-state index contributed by atoms with van der Waals surface area (Å²) in [6, 6.07) is 13.7. The third-order valence-corrected chi connectivity index (χ3v) is 4.15. The largest absolute Gasteiger partial charge is 0.494 e. The quantitative estimate of drug-likeness (QED) is 0.837. The van der Waals surface area contributed by atoms with Gasteiger partial charge in [-0.1, -0.05) is 47.5 Å². The highest BCUT2D eigenvalue weighted by atomic mass is 35.5. The Labute approximate surface area is 135 Å². The van der Waals surface area contributed by atoms with Crippen molar-refractivity contribution in [2.75, 3.05) is 13.2 Å². The molecule has 1 atom stereocenters. The number of halogens is 2. The molecule has 2 nitrogen and oxygen atoms in total. The van der Waals surface area contributed by atoms with Crippen molar-refractivity contribution in [2.45, 2.75) is 19.3 Å². The van der Waals surface area contributed by atoms with Crippen molar-refractivity contribution in [3.05, 3.63) is 63.6 Å². The number of rotatable bonds is 6. The average Bonchev–Trinajstić information content (AvgIpc) is 2.49. The van der Waals surface area contributed by atoms with Crippen molar-refractivity contribution in [2.24, 2.45) is 5.73 Å². The molecule has 0 saturated heterocycles. The van der Waals surface area contributed by atoms with Gasteiger partial charge in [-0.2, -0.15) is 0 Å². The highest BCUT2D eigenvalue weighted by molar-refractivity contribution is 6.42. The lowest BCUT2D eigenvalue weighted by molar-refractivity contribution is 0.334. The van der Waals surface area contributed by atoms with E-state index in [0.717, 1.165) is 23.3 Å². The van der Waals surface area contributed by atoms with Crippen molar-refractivity contribution >= 4 is 23.2 Å². The molecule has 2 aromatic carbocycles. The summed E-state index contributed by atoms with van der Waals surface area (Å²) in [5.41, 5.74) is 8.22. The lowest BCUT2D eigenvalue weighted by Crippen LogP contribution is -2.16. The van der Waals surface area contributed by atoms with Crippen molar-refractivity contribution in [3.8, 4) is 5.75 Å². The Balaban J connectivity index is 2.25. The summed E-state index contributed by atoms with van der Waals surface area (Å²) < 4.78 is 5.70. The Hall–Kier alpha value is -1.22. The van der Waals surface area contributed by atoms with Crippen molar-refractivity contribution in [1.29, 1.82) is 0 Å². The molecule has 0 radical (unpaired) electrons. The van der Waals surface area contributed by atoms with E-state index in [1.165, 1.54) is 0 Å². The Morgan fingerprint density at radius 2 is 1.86 bits per heavy atom. The van der Waals surface area contributed by atoms with Crippen molar-refractivity contribution in [3.63, 3.8) is 0 Å². The van der Waals surface area contributed by atoms with E-state index in [2.05, 4.69) is 6.07 Å². The van der Waals surface area contributed by atoms with E-state index in [9.17, 15) is 0 Å². The van der Waals surface area contributed by atoms with Crippen LogP contribution in [-0.4, -0.2) is 13.2 Å². The molecule has 112 valence electrons. The standard InChI is InChI=1S/C17H19Cl2NO/c1-2-21-17-6-4-3-5-14(17)13(11-20)9-12-7-8-15(18)16(19)10-12/h3-8,10,13H,2,9,11,20H2,1H3. The number of benzene rings is 2. The number of para-hydroxylation sites is 1. The summed E-state index contributed by atoms with van der Waals surface area (Å²) in [5, 5.41) is 1.14. The van der Waals surface area contributed by atoms with Gasteiger partial charge in [-0.05, 0) is 49.2 Å². The van der Waals surface area contributed by atoms with Gasteiger partial charge in [0.2, 0.25) is 0 Å². The highest BCUT2D eigenvalue weighted by Crippen LogP contribution is 2.30. The van der Waals surface area contributed by atoms with Gasteiger partial charge in [0.15, 0.2) is 0 Å². The van der Waals surface area contributed by atoms with Gasteiger partial charge in [-0.3, -0.25) is 0 Å². The molecule has 0 spiro atoms. The fourth-order valence-corrected chi connectivity index (χ4v) is 2.70. The molecule has 4 heteroatoms. The van der Waals surface area contributed by atoms with E-state index in [4.69, 9.17) is 33.7 Å². The number of hydrogen-bond acceptors (Lipinski definition) is 2. The maximum absolute atomic E-state index is 6.08. The fraction of sp³-hybridized carbons (Fsp3) is 0.294. The first-order chi connectivity index (χ1) is 10.2. The van der Waals surface area contributed by atoms with Crippen LogP contribution in [0.5, 0.6) is 5.75 Å². The van der Waals surface area contributed by atoms with Crippen LogP contribution in [0.3, 0.4) is 0 Å². The monoisotopic (exact) mass is 323 g/mol. The van der Waals surface area contributed by atoms with Crippen LogP contribution in [0.1, 0.15) is 24.0 Å². The predicted octanol–water partition coefficient (Wildman–Crippen LogP) is 4.68. The summed E-state index contributed by atoms with van der Waals surface area (Å²) in [7, 11) is 0. The minimum Gasteiger partial charge on any atom is -0.494 e. The molecule has 0 saturated carbocycles. The topological polar surface area (TPSA) is 35.2 Å². The van der Waals surface area contributed by atoms with Crippen LogP contribution in [0.25, 0.3) is 0 Å². The summed E-state index contributed by atoms with van der Waals surface area (Å²) in [4.78, 5) is 0. The van der Waals surface area contributed by atoms with Crippen LogP contribution in [0.4, 0.5) is 0 Å². The molecule has 0 aliphatic rings. The molecule has 0 aliphatic carbocycles. The van der Waals surface area contributed by atoms with Crippen LogP contribution in [-0.2, 0) is 6.42 Å². The zero-order valence-electron chi connectivity index (χ0n) is 12.0. The fourth-order valence-electron chi connectivity index (χ4n) is 2.38. The predicted molar refractivity (Wildman–Crippen MR) is 89.6 cm³/mol. The number of ether oxygens (including phenoxy) is 1. The minimum absolute atomic E-state index is 0.185. The second-order valence-corrected chi connectivity index (χ2v) is 5.67. The first kappa shape index (κ1) is 16.2. The highest BCUT2D eigenvalue weighted by Gasteiger charge is 2.15. The molecule has 1 unspecified atom stereocenters. The Morgan fingerprint density at radius 1 is 1.10 bits per heavy atom. The smallest absolute Gasteiger partial charge is 0.122 e. The van der Waals surface area contributed by atoms with E-state index in [1.807, 2.05) is 43.3 Å². The molecule has 0 bridgehead atoms. The van der Waals surface area contributed by atoms with Crippen LogP contribution in [0, 0.1) is 0 Å². The molecule has 2 aromatic rings. The molecule has 0 heterocycles. The molecule has 21 heavy (non-hydrogen) atoms. The van der Waals surface area contributed by atoms with Crippen molar-refractivity contribution < 1.29 is 4.74 Å². The second-order valence-electron chi connectivity index (χ2n) is 4.86. The summed E-state index contributed by atoms with van der Waals surface area (Å²) >= 11 is 12.0. The van der Waals surface area contributed by atoms with Gasteiger partial charge in [-0.15, -0.1) is 0 Å². The van der Waals surface area contributed by atoms with Crippen molar-refractivity contribution in [1.82, 2.24) is 0 Å². The molecule has 2 rings (SSSR count). The molecule has 2 N–H and O–H groups in total. The van der Waals surface area contributed by atoms with Gasteiger partial charge in [-0.25, -0.2) is 0 Å². The zero-order valence-corrected chi connectivity index (χ0v) is 13.5. The van der Waals surface area contributed by atoms with E-state index < -0.39 is 0 Å². The van der Waals surface area contributed by atoms with Gasteiger partial charge in [0.05, 0.1) is 16.7 Å². The normalized spacial score (nSPS) is 12.2. The van der Waals surface area contributed by atoms with Crippen LogP contribution >= 0.6 is 23.2 Å². The van der Waals surface area contributed by atoms with Gasteiger partial charge in [0.25, 0.3) is 0 Å². The molecule has 0 aromatic heterocycles. The Kier molecular flexibility index (Phi) is 5.92. The maximum atomic E-state index is 6.08. The second kappa shape index (κ2) is 7.69. The maximum Gasteiger partial charge on any atom is 0.122 e. The minimum atomic E-state index is 0.185. The van der Waals surface area contributed by atoms with Gasteiger partial charge >= 0.3 is 0 Å². The lowest BCUT2D eigenvalue weighted by Gasteiger charge is -2.19. The third-order valence-electron chi connectivity index (χ3n) is 3.41. The number of nitrogens with two attached hydrogens (primary N) is 1. The Bertz CT molecular complexity index is 601.